The van der Waals surface area contributed by atoms with Crippen LogP contribution < -0.4 is 5.56 Å². The Balaban J connectivity index is 1.52. The fourth-order valence-electron chi connectivity index (χ4n) is 4.14. The summed E-state index contributed by atoms with van der Waals surface area (Å²) in [6.45, 7) is 3.83. The summed E-state index contributed by atoms with van der Waals surface area (Å²) in [7, 11) is 0. The van der Waals surface area contributed by atoms with Gasteiger partial charge in [-0.3, -0.25) is 14.1 Å². The summed E-state index contributed by atoms with van der Waals surface area (Å²) in [5.74, 6) is 0.775. The van der Waals surface area contributed by atoms with Crippen LogP contribution in [0.2, 0.25) is 0 Å². The Kier molecular flexibility index (Phi) is 3.54. The predicted molar refractivity (Wildman–Crippen MR) is 100 cm³/mol. The van der Waals surface area contributed by atoms with E-state index in [1.54, 1.807) is 21.5 Å². The Labute approximate surface area is 150 Å². The molecule has 4 heterocycles. The van der Waals surface area contributed by atoms with E-state index in [9.17, 15) is 4.79 Å². The average Bonchev–Trinajstić information content (AvgIpc) is 3.32. The Morgan fingerprint density at radius 3 is 3.04 bits per heavy atom. The van der Waals surface area contributed by atoms with E-state index in [0.717, 1.165) is 42.3 Å². The molecular formula is C20H21N3OS. The van der Waals surface area contributed by atoms with Gasteiger partial charge >= 0.3 is 0 Å². The minimum absolute atomic E-state index is 0.0138. The first-order valence-corrected chi connectivity index (χ1v) is 9.87. The third-order valence-corrected chi connectivity index (χ3v) is 6.49. The molecule has 0 N–H and O–H groups in total. The monoisotopic (exact) mass is 351 g/mol. The Bertz CT molecular complexity index is 1000. The minimum atomic E-state index is 0.0138. The smallest absolute Gasteiger partial charge is 0.258 e. The molecule has 5 rings (SSSR count). The molecule has 0 amide bonds. The number of aryl methyl sites for hydroxylation is 1. The summed E-state index contributed by atoms with van der Waals surface area (Å²) in [6.07, 6.45) is 5.56. The molecule has 5 heteroatoms. The lowest BCUT2D eigenvalue weighted by atomic mass is 9.95. The number of hydrogen-bond acceptors (Lipinski definition) is 4. The van der Waals surface area contributed by atoms with E-state index in [1.807, 2.05) is 30.4 Å². The number of aromatic nitrogens is 2. The van der Waals surface area contributed by atoms with Crippen molar-refractivity contribution in [3.8, 4) is 0 Å². The molecule has 0 spiro atoms. The number of pyridine rings is 1. The number of rotatable bonds is 3. The molecule has 1 aliphatic carbocycles. The van der Waals surface area contributed by atoms with Crippen LogP contribution in [0.3, 0.4) is 0 Å². The van der Waals surface area contributed by atoms with Gasteiger partial charge in [-0.1, -0.05) is 6.07 Å². The van der Waals surface area contributed by atoms with Crippen molar-refractivity contribution in [2.45, 2.75) is 38.8 Å². The van der Waals surface area contributed by atoms with Crippen molar-refractivity contribution in [3.05, 3.63) is 67.9 Å². The number of hydrogen-bond donors (Lipinski definition) is 0. The Morgan fingerprint density at radius 1 is 1.32 bits per heavy atom. The highest BCUT2D eigenvalue weighted by atomic mass is 32.1. The highest BCUT2D eigenvalue weighted by molar-refractivity contribution is 7.10. The first kappa shape index (κ1) is 15.3. The zero-order valence-corrected chi connectivity index (χ0v) is 15.1. The largest absolute Gasteiger partial charge is 0.290 e. The molecule has 128 valence electrons. The van der Waals surface area contributed by atoms with Gasteiger partial charge in [0, 0.05) is 36.3 Å². The van der Waals surface area contributed by atoms with Crippen LogP contribution in [0.15, 0.2) is 40.6 Å². The number of fused-ring (bicyclic) bond motifs is 2. The molecule has 0 aromatic carbocycles. The molecule has 0 bridgehead atoms. The summed E-state index contributed by atoms with van der Waals surface area (Å²) < 4.78 is 1.64. The SMILES string of the molecule is Cc1cccn2c(=O)cc(CN3CCc4sccc4[C@H]3C3CC3)nc12. The molecule has 0 radical (unpaired) electrons. The molecular weight excluding hydrogens is 330 g/mol. The molecule has 4 nitrogen and oxygen atoms in total. The molecule has 2 aliphatic rings. The van der Waals surface area contributed by atoms with Crippen LogP contribution >= 0.6 is 11.3 Å². The average molecular weight is 351 g/mol. The fraction of sp³-hybridized carbons (Fsp3) is 0.400. The molecule has 1 fully saturated rings. The molecule has 3 aromatic heterocycles. The van der Waals surface area contributed by atoms with Crippen molar-refractivity contribution in [2.75, 3.05) is 6.54 Å². The second-order valence-corrected chi connectivity index (χ2v) is 8.27. The maximum Gasteiger partial charge on any atom is 0.258 e. The maximum absolute atomic E-state index is 12.5. The van der Waals surface area contributed by atoms with Crippen LogP contribution in [0, 0.1) is 12.8 Å². The van der Waals surface area contributed by atoms with Gasteiger partial charge in [0.1, 0.15) is 5.65 Å². The van der Waals surface area contributed by atoms with Gasteiger partial charge < -0.3 is 0 Å². The lowest BCUT2D eigenvalue weighted by Crippen LogP contribution is -2.36. The van der Waals surface area contributed by atoms with Crippen LogP contribution in [0.4, 0.5) is 0 Å². The van der Waals surface area contributed by atoms with E-state index in [2.05, 4.69) is 16.3 Å². The topological polar surface area (TPSA) is 37.6 Å². The summed E-state index contributed by atoms with van der Waals surface area (Å²) in [5.41, 5.74) is 4.25. The zero-order valence-electron chi connectivity index (χ0n) is 14.3. The van der Waals surface area contributed by atoms with Crippen LogP contribution in [0.1, 0.15) is 40.6 Å². The van der Waals surface area contributed by atoms with Gasteiger partial charge in [0.25, 0.3) is 5.56 Å². The van der Waals surface area contributed by atoms with E-state index < -0.39 is 0 Å². The van der Waals surface area contributed by atoms with Gasteiger partial charge in [-0.05, 0) is 60.7 Å². The summed E-state index contributed by atoms with van der Waals surface area (Å²) in [6, 6.07) is 8.43. The molecule has 0 saturated heterocycles. The lowest BCUT2D eigenvalue weighted by Gasteiger charge is -2.36. The minimum Gasteiger partial charge on any atom is -0.290 e. The van der Waals surface area contributed by atoms with Crippen LogP contribution in [0.25, 0.3) is 5.65 Å². The first-order valence-electron chi connectivity index (χ1n) is 8.99. The van der Waals surface area contributed by atoms with Gasteiger partial charge in [0.15, 0.2) is 0 Å². The van der Waals surface area contributed by atoms with E-state index in [1.165, 1.54) is 18.4 Å². The number of thiophene rings is 1. The van der Waals surface area contributed by atoms with Gasteiger partial charge in [-0.2, -0.15) is 0 Å². The molecule has 1 atom stereocenters. The van der Waals surface area contributed by atoms with Crippen molar-refractivity contribution < 1.29 is 0 Å². The van der Waals surface area contributed by atoms with Gasteiger partial charge in [-0.25, -0.2) is 4.98 Å². The Morgan fingerprint density at radius 2 is 2.20 bits per heavy atom. The van der Waals surface area contributed by atoms with E-state index >= 15 is 0 Å². The summed E-state index contributed by atoms with van der Waals surface area (Å²) in [4.78, 5) is 21.4. The van der Waals surface area contributed by atoms with Crippen molar-refractivity contribution in [1.82, 2.24) is 14.3 Å². The van der Waals surface area contributed by atoms with Gasteiger partial charge in [0.2, 0.25) is 0 Å². The van der Waals surface area contributed by atoms with Gasteiger partial charge in [0.05, 0.1) is 5.69 Å². The second kappa shape index (κ2) is 5.78. The third-order valence-electron chi connectivity index (χ3n) is 5.49. The fourth-order valence-corrected chi connectivity index (χ4v) is 5.05. The van der Waals surface area contributed by atoms with Crippen LogP contribution in [-0.4, -0.2) is 20.8 Å². The lowest BCUT2D eigenvalue weighted by molar-refractivity contribution is 0.156. The first-order chi connectivity index (χ1) is 12.2. The normalized spacial score (nSPS) is 20.8. The standard InChI is InChI=1S/C20H21N3OS/c1-13-3-2-8-23-18(24)11-15(21-20(13)23)12-22-9-6-17-16(7-10-25-17)19(22)14-4-5-14/h2-3,7-8,10-11,14,19H,4-6,9,12H2,1H3/t19-/m1/s1. The van der Waals surface area contributed by atoms with Crippen molar-refractivity contribution in [3.63, 3.8) is 0 Å². The van der Waals surface area contributed by atoms with E-state index in [-0.39, 0.29) is 5.56 Å². The maximum atomic E-state index is 12.5. The van der Waals surface area contributed by atoms with Crippen LogP contribution in [-0.2, 0) is 13.0 Å². The van der Waals surface area contributed by atoms with Crippen molar-refractivity contribution in [2.24, 2.45) is 5.92 Å². The summed E-state index contributed by atoms with van der Waals surface area (Å²) >= 11 is 1.89. The van der Waals surface area contributed by atoms with Gasteiger partial charge in [-0.15, -0.1) is 11.3 Å². The predicted octanol–water partition coefficient (Wildman–Crippen LogP) is 3.57. The molecule has 25 heavy (non-hydrogen) atoms. The third kappa shape index (κ3) is 2.62. The van der Waals surface area contributed by atoms with Crippen LogP contribution in [0.5, 0.6) is 0 Å². The van der Waals surface area contributed by atoms with E-state index in [4.69, 9.17) is 4.98 Å². The molecule has 1 saturated carbocycles. The van der Waals surface area contributed by atoms with E-state index in [0.29, 0.717) is 6.04 Å². The highest BCUT2D eigenvalue weighted by Crippen LogP contribution is 2.48. The second-order valence-electron chi connectivity index (χ2n) is 7.27. The quantitative estimate of drug-likeness (QED) is 0.724. The Hall–Kier alpha value is -1.98. The van der Waals surface area contributed by atoms with Crippen molar-refractivity contribution in [1.29, 1.82) is 0 Å². The number of nitrogens with zero attached hydrogens (tertiary/aromatic N) is 3. The molecule has 3 aromatic rings. The summed E-state index contributed by atoms with van der Waals surface area (Å²) in [5, 5.41) is 2.23. The highest BCUT2D eigenvalue weighted by Gasteiger charge is 2.39. The zero-order chi connectivity index (χ0) is 17.0. The molecule has 1 aliphatic heterocycles. The molecule has 0 unspecified atom stereocenters. The van der Waals surface area contributed by atoms with Crippen molar-refractivity contribution >= 4 is 17.0 Å².